The van der Waals surface area contributed by atoms with Crippen LogP contribution in [0.4, 0.5) is 5.82 Å². The van der Waals surface area contributed by atoms with Crippen LogP contribution in [0.25, 0.3) is 0 Å². The van der Waals surface area contributed by atoms with Crippen LogP contribution in [0.3, 0.4) is 0 Å². The van der Waals surface area contributed by atoms with E-state index in [9.17, 15) is 4.79 Å². The van der Waals surface area contributed by atoms with Crippen LogP contribution >= 0.6 is 0 Å². The molecule has 19 heavy (non-hydrogen) atoms. The molecule has 1 aliphatic heterocycles. The lowest BCUT2D eigenvalue weighted by Crippen LogP contribution is -2.32. The molecule has 1 aromatic rings. The summed E-state index contributed by atoms with van der Waals surface area (Å²) in [6.45, 7) is 2.13. The topological polar surface area (TPSA) is 69.0 Å². The summed E-state index contributed by atoms with van der Waals surface area (Å²) in [5.41, 5.74) is 0.494. The molecule has 1 amide bonds. The maximum absolute atomic E-state index is 11.9. The second-order valence-corrected chi connectivity index (χ2v) is 5.04. The third-order valence-electron chi connectivity index (χ3n) is 3.47. The average molecular weight is 258 g/mol. The number of nitrogens with one attached hydrogen (secondary N) is 1. The third kappa shape index (κ3) is 4.04. The molecule has 5 nitrogen and oxygen atoms in total. The molecule has 2 rings (SSSR count). The number of piperidine rings is 1. The molecule has 0 bridgehead atoms. The molecule has 0 spiro atoms. The Bertz CT molecular complexity index is 469. The van der Waals surface area contributed by atoms with Gasteiger partial charge in [-0.25, -0.2) is 4.98 Å². The Morgan fingerprint density at radius 3 is 2.84 bits per heavy atom. The molecule has 1 aliphatic rings. The van der Waals surface area contributed by atoms with E-state index < -0.39 is 0 Å². The van der Waals surface area contributed by atoms with Crippen molar-refractivity contribution in [2.75, 3.05) is 25.5 Å². The number of carbonyl (C=O) groups excluding carboxylic acids is 1. The molecule has 1 N–H and O–H groups in total. The summed E-state index contributed by atoms with van der Waals surface area (Å²) in [5.74, 6) is 0.985. The van der Waals surface area contributed by atoms with Gasteiger partial charge in [0.1, 0.15) is 11.9 Å². The number of likely N-dealkylation sites (tertiary alicyclic amines) is 1. The lowest BCUT2D eigenvalue weighted by Gasteiger charge is -2.28. The van der Waals surface area contributed by atoms with Crippen LogP contribution in [-0.4, -0.2) is 35.9 Å². The van der Waals surface area contributed by atoms with E-state index in [2.05, 4.69) is 22.2 Å². The van der Waals surface area contributed by atoms with Crippen molar-refractivity contribution in [3.63, 3.8) is 0 Å². The number of aromatic nitrogens is 1. The molecule has 0 radical (unpaired) electrons. The molecule has 0 unspecified atom stereocenters. The molecule has 0 saturated carbocycles. The first-order chi connectivity index (χ1) is 9.17. The minimum atomic E-state index is 0.00626. The zero-order valence-corrected chi connectivity index (χ0v) is 11.1. The van der Waals surface area contributed by atoms with Gasteiger partial charge in [0.2, 0.25) is 5.91 Å². The van der Waals surface area contributed by atoms with Gasteiger partial charge in [0.15, 0.2) is 0 Å². The monoisotopic (exact) mass is 258 g/mol. The molecule has 1 fully saturated rings. The molecule has 0 aromatic carbocycles. The first-order valence-electron chi connectivity index (χ1n) is 6.52. The van der Waals surface area contributed by atoms with Crippen molar-refractivity contribution < 1.29 is 4.79 Å². The Hall–Kier alpha value is -1.93. The van der Waals surface area contributed by atoms with Crippen LogP contribution < -0.4 is 5.32 Å². The highest BCUT2D eigenvalue weighted by Crippen LogP contribution is 2.20. The van der Waals surface area contributed by atoms with Crippen molar-refractivity contribution in [2.45, 2.75) is 19.3 Å². The molecular formula is C14H18N4O. The highest BCUT2D eigenvalue weighted by Gasteiger charge is 2.19. The van der Waals surface area contributed by atoms with Gasteiger partial charge >= 0.3 is 0 Å². The van der Waals surface area contributed by atoms with Gasteiger partial charge in [-0.2, -0.15) is 5.26 Å². The highest BCUT2D eigenvalue weighted by molar-refractivity contribution is 5.89. The van der Waals surface area contributed by atoms with Crippen molar-refractivity contribution in [3.05, 3.63) is 23.9 Å². The molecular weight excluding hydrogens is 240 g/mol. The van der Waals surface area contributed by atoms with E-state index in [0.29, 0.717) is 23.7 Å². The Labute approximate surface area is 113 Å². The van der Waals surface area contributed by atoms with E-state index in [1.165, 1.54) is 6.20 Å². The van der Waals surface area contributed by atoms with Crippen LogP contribution in [0.15, 0.2) is 18.3 Å². The number of hydrogen-bond donors (Lipinski definition) is 1. The van der Waals surface area contributed by atoms with Crippen LogP contribution in [0.5, 0.6) is 0 Å². The number of carbonyl (C=O) groups is 1. The molecule has 0 atom stereocenters. The number of nitriles is 1. The molecule has 5 heteroatoms. The molecule has 2 heterocycles. The first-order valence-corrected chi connectivity index (χ1v) is 6.52. The first kappa shape index (κ1) is 13.5. The maximum atomic E-state index is 11.9. The Balaban J connectivity index is 1.82. The lowest BCUT2D eigenvalue weighted by atomic mass is 9.93. The summed E-state index contributed by atoms with van der Waals surface area (Å²) in [7, 11) is 2.11. The zero-order valence-electron chi connectivity index (χ0n) is 11.1. The zero-order chi connectivity index (χ0) is 13.7. The largest absolute Gasteiger partial charge is 0.311 e. The van der Waals surface area contributed by atoms with E-state index in [4.69, 9.17) is 5.26 Å². The van der Waals surface area contributed by atoms with Crippen molar-refractivity contribution in [2.24, 2.45) is 5.92 Å². The number of rotatable bonds is 3. The Kier molecular flexibility index (Phi) is 4.48. The van der Waals surface area contributed by atoms with Crippen molar-refractivity contribution in [3.8, 4) is 6.07 Å². The normalized spacial score (nSPS) is 16.8. The van der Waals surface area contributed by atoms with E-state index in [-0.39, 0.29) is 5.91 Å². The number of nitrogens with zero attached hydrogens (tertiary/aromatic N) is 3. The average Bonchev–Trinajstić information content (AvgIpc) is 2.42. The molecule has 0 aliphatic carbocycles. The highest BCUT2D eigenvalue weighted by atomic mass is 16.1. The predicted molar refractivity (Wildman–Crippen MR) is 72.4 cm³/mol. The van der Waals surface area contributed by atoms with E-state index in [0.717, 1.165) is 25.9 Å². The smallest absolute Gasteiger partial charge is 0.225 e. The van der Waals surface area contributed by atoms with Crippen molar-refractivity contribution in [1.82, 2.24) is 9.88 Å². The van der Waals surface area contributed by atoms with Gasteiger partial charge in [-0.3, -0.25) is 4.79 Å². The minimum Gasteiger partial charge on any atom is -0.311 e. The summed E-state index contributed by atoms with van der Waals surface area (Å²) >= 11 is 0. The fourth-order valence-corrected chi connectivity index (χ4v) is 2.26. The second-order valence-electron chi connectivity index (χ2n) is 5.04. The van der Waals surface area contributed by atoms with Gasteiger partial charge in [-0.05, 0) is 51.0 Å². The van der Waals surface area contributed by atoms with Gasteiger partial charge in [-0.1, -0.05) is 0 Å². The standard InChI is InChI=1S/C14H18N4O/c1-18-6-4-11(5-7-18)8-14(19)17-13-3-2-12(9-15)10-16-13/h2-3,10-11H,4-8H2,1H3,(H,16,17,19). The van der Waals surface area contributed by atoms with Gasteiger partial charge < -0.3 is 10.2 Å². The fraction of sp³-hybridized carbons (Fsp3) is 0.500. The van der Waals surface area contributed by atoms with Crippen molar-refractivity contribution >= 4 is 11.7 Å². The van der Waals surface area contributed by atoms with Gasteiger partial charge in [-0.15, -0.1) is 0 Å². The predicted octanol–water partition coefficient (Wildman–Crippen LogP) is 1.62. The number of anilines is 1. The quantitative estimate of drug-likeness (QED) is 0.894. The minimum absolute atomic E-state index is 0.00626. The van der Waals surface area contributed by atoms with Crippen molar-refractivity contribution in [1.29, 1.82) is 5.26 Å². The van der Waals surface area contributed by atoms with Crippen LogP contribution in [0, 0.1) is 17.2 Å². The second kappa shape index (κ2) is 6.30. The van der Waals surface area contributed by atoms with Gasteiger partial charge in [0.25, 0.3) is 0 Å². The molecule has 100 valence electrons. The summed E-state index contributed by atoms with van der Waals surface area (Å²) in [6.07, 6.45) is 4.16. The number of pyridine rings is 1. The summed E-state index contributed by atoms with van der Waals surface area (Å²) < 4.78 is 0. The van der Waals surface area contributed by atoms with E-state index >= 15 is 0 Å². The third-order valence-corrected chi connectivity index (χ3v) is 3.47. The van der Waals surface area contributed by atoms with Crippen LogP contribution in [-0.2, 0) is 4.79 Å². The van der Waals surface area contributed by atoms with Gasteiger partial charge in [0.05, 0.1) is 5.56 Å². The Morgan fingerprint density at radius 1 is 1.53 bits per heavy atom. The van der Waals surface area contributed by atoms with Gasteiger partial charge in [0, 0.05) is 12.6 Å². The SMILES string of the molecule is CN1CCC(CC(=O)Nc2ccc(C#N)cn2)CC1. The van der Waals surface area contributed by atoms with E-state index in [1.54, 1.807) is 12.1 Å². The summed E-state index contributed by atoms with van der Waals surface area (Å²) in [5, 5.41) is 11.4. The lowest BCUT2D eigenvalue weighted by molar-refractivity contribution is -0.117. The molecule has 1 aromatic heterocycles. The fourth-order valence-electron chi connectivity index (χ4n) is 2.26. The maximum Gasteiger partial charge on any atom is 0.225 e. The summed E-state index contributed by atoms with van der Waals surface area (Å²) in [6, 6.07) is 5.31. The summed E-state index contributed by atoms with van der Waals surface area (Å²) in [4.78, 5) is 18.2. The Morgan fingerprint density at radius 2 is 2.26 bits per heavy atom. The van der Waals surface area contributed by atoms with E-state index in [1.807, 2.05) is 6.07 Å². The van der Waals surface area contributed by atoms with Crippen LogP contribution in [0.1, 0.15) is 24.8 Å². The number of hydrogen-bond acceptors (Lipinski definition) is 4. The van der Waals surface area contributed by atoms with Crippen LogP contribution in [0.2, 0.25) is 0 Å². The molecule has 1 saturated heterocycles. The number of amides is 1.